The molecule has 0 aliphatic carbocycles. The van der Waals surface area contributed by atoms with Crippen LogP contribution in [-0.2, 0) is 9.59 Å². The fraction of sp³-hybridized carbons (Fsp3) is 0.875. The van der Waals surface area contributed by atoms with Crippen LogP contribution in [0.15, 0.2) is 0 Å². The van der Waals surface area contributed by atoms with E-state index in [1.165, 1.54) is 19.3 Å². The summed E-state index contributed by atoms with van der Waals surface area (Å²) in [5.74, 6) is 0.0319. The molecule has 0 bridgehead atoms. The van der Waals surface area contributed by atoms with Crippen LogP contribution in [0.25, 0.3) is 0 Å². The average molecular weight is 282 g/mol. The molecule has 0 aromatic carbocycles. The molecular formula is C16H30N2O2. The van der Waals surface area contributed by atoms with E-state index in [4.69, 9.17) is 0 Å². The van der Waals surface area contributed by atoms with Crippen LogP contribution in [0.2, 0.25) is 0 Å². The molecule has 1 N–H and O–H groups in total. The topological polar surface area (TPSA) is 49.4 Å². The van der Waals surface area contributed by atoms with Gasteiger partial charge in [-0.2, -0.15) is 0 Å². The molecule has 1 saturated heterocycles. The number of nitrogens with zero attached hydrogens (tertiary/aromatic N) is 1. The number of piperazine rings is 1. The van der Waals surface area contributed by atoms with Crippen LogP contribution in [0, 0.1) is 0 Å². The van der Waals surface area contributed by atoms with Crippen LogP contribution >= 0.6 is 0 Å². The summed E-state index contributed by atoms with van der Waals surface area (Å²) < 4.78 is 0. The maximum absolute atomic E-state index is 12.7. The molecule has 1 aliphatic heterocycles. The SMILES string of the molecule is CCCCCCC(C)N1C(=O)C(C)(CC)NC(=O)C1C. The fourth-order valence-electron chi connectivity index (χ4n) is 2.84. The Morgan fingerprint density at radius 3 is 2.45 bits per heavy atom. The van der Waals surface area contributed by atoms with Crippen LogP contribution in [-0.4, -0.2) is 34.3 Å². The lowest BCUT2D eigenvalue weighted by Gasteiger charge is -2.45. The Morgan fingerprint density at radius 1 is 1.25 bits per heavy atom. The first-order chi connectivity index (χ1) is 9.37. The molecule has 1 rings (SSSR count). The number of amides is 2. The fourth-order valence-corrected chi connectivity index (χ4v) is 2.84. The van der Waals surface area contributed by atoms with Gasteiger partial charge in [0, 0.05) is 6.04 Å². The first-order valence-electron chi connectivity index (χ1n) is 8.02. The highest BCUT2D eigenvalue weighted by molar-refractivity contribution is 5.99. The van der Waals surface area contributed by atoms with Crippen LogP contribution in [0.4, 0.5) is 0 Å². The van der Waals surface area contributed by atoms with E-state index in [1.54, 1.807) is 4.90 Å². The summed E-state index contributed by atoms with van der Waals surface area (Å²) >= 11 is 0. The van der Waals surface area contributed by atoms with E-state index in [-0.39, 0.29) is 23.9 Å². The predicted octanol–water partition coefficient (Wildman–Crippen LogP) is 2.86. The van der Waals surface area contributed by atoms with Gasteiger partial charge in [0.25, 0.3) is 0 Å². The molecule has 2 amide bonds. The van der Waals surface area contributed by atoms with Crippen molar-refractivity contribution >= 4 is 11.8 Å². The van der Waals surface area contributed by atoms with Gasteiger partial charge in [-0.1, -0.05) is 39.5 Å². The number of hydrogen-bond acceptors (Lipinski definition) is 2. The van der Waals surface area contributed by atoms with Crippen molar-refractivity contribution in [3.63, 3.8) is 0 Å². The van der Waals surface area contributed by atoms with Gasteiger partial charge in [0.2, 0.25) is 11.8 Å². The Bertz CT molecular complexity index is 356. The van der Waals surface area contributed by atoms with Crippen molar-refractivity contribution in [2.45, 2.75) is 90.8 Å². The lowest BCUT2D eigenvalue weighted by molar-refractivity contribution is -0.156. The molecule has 4 heteroatoms. The van der Waals surface area contributed by atoms with Crippen molar-refractivity contribution in [2.24, 2.45) is 0 Å². The molecule has 0 radical (unpaired) electrons. The minimum Gasteiger partial charge on any atom is -0.340 e. The molecular weight excluding hydrogens is 252 g/mol. The predicted molar refractivity (Wildman–Crippen MR) is 81.4 cm³/mol. The van der Waals surface area contributed by atoms with Crippen LogP contribution < -0.4 is 5.32 Å². The molecule has 116 valence electrons. The normalized spacial score (nSPS) is 28.4. The van der Waals surface area contributed by atoms with E-state index in [9.17, 15) is 9.59 Å². The lowest BCUT2D eigenvalue weighted by atomic mass is 9.90. The van der Waals surface area contributed by atoms with Crippen LogP contribution in [0.3, 0.4) is 0 Å². The monoisotopic (exact) mass is 282 g/mol. The number of hydrogen-bond donors (Lipinski definition) is 1. The third-order valence-corrected chi connectivity index (χ3v) is 4.56. The summed E-state index contributed by atoms with van der Waals surface area (Å²) in [5, 5.41) is 2.87. The number of carbonyl (C=O) groups is 2. The summed E-state index contributed by atoms with van der Waals surface area (Å²) in [6.07, 6.45) is 6.38. The number of unbranched alkanes of at least 4 members (excludes halogenated alkanes) is 3. The molecule has 3 unspecified atom stereocenters. The first kappa shape index (κ1) is 17.0. The van der Waals surface area contributed by atoms with Gasteiger partial charge in [0.1, 0.15) is 11.6 Å². The zero-order valence-corrected chi connectivity index (χ0v) is 13.7. The zero-order valence-electron chi connectivity index (χ0n) is 13.7. The Kier molecular flexibility index (Phi) is 6.03. The number of carbonyl (C=O) groups excluding carboxylic acids is 2. The molecule has 0 saturated carbocycles. The molecule has 0 aromatic rings. The Balaban J connectivity index is 2.73. The maximum atomic E-state index is 12.7. The van der Waals surface area contributed by atoms with Gasteiger partial charge in [-0.05, 0) is 33.6 Å². The molecule has 1 heterocycles. The molecule has 0 aromatic heterocycles. The van der Waals surface area contributed by atoms with Gasteiger partial charge in [0.15, 0.2) is 0 Å². The highest BCUT2D eigenvalue weighted by Gasteiger charge is 2.46. The Morgan fingerprint density at radius 2 is 1.90 bits per heavy atom. The molecule has 0 spiro atoms. The van der Waals surface area contributed by atoms with E-state index in [0.29, 0.717) is 6.42 Å². The van der Waals surface area contributed by atoms with Gasteiger partial charge in [-0.3, -0.25) is 9.59 Å². The van der Waals surface area contributed by atoms with E-state index >= 15 is 0 Å². The zero-order chi connectivity index (χ0) is 15.3. The second-order valence-electron chi connectivity index (χ2n) is 6.26. The third-order valence-electron chi connectivity index (χ3n) is 4.56. The van der Waals surface area contributed by atoms with E-state index < -0.39 is 5.54 Å². The second kappa shape index (κ2) is 7.09. The van der Waals surface area contributed by atoms with Crippen molar-refractivity contribution in [1.82, 2.24) is 10.2 Å². The molecule has 1 fully saturated rings. The minimum absolute atomic E-state index is 0.0330. The van der Waals surface area contributed by atoms with E-state index in [1.807, 2.05) is 20.8 Å². The van der Waals surface area contributed by atoms with Gasteiger partial charge in [0.05, 0.1) is 0 Å². The van der Waals surface area contributed by atoms with Gasteiger partial charge >= 0.3 is 0 Å². The third kappa shape index (κ3) is 3.53. The summed E-state index contributed by atoms with van der Waals surface area (Å²) in [7, 11) is 0. The number of nitrogens with one attached hydrogen (secondary N) is 1. The van der Waals surface area contributed by atoms with Crippen molar-refractivity contribution in [3.8, 4) is 0 Å². The van der Waals surface area contributed by atoms with Crippen molar-refractivity contribution < 1.29 is 9.59 Å². The standard InChI is InChI=1S/C16H30N2O2/c1-6-8-9-10-11-12(3)18-13(4)14(19)17-16(5,7-2)15(18)20/h12-13H,6-11H2,1-5H3,(H,17,19). The summed E-state index contributed by atoms with van der Waals surface area (Å²) in [4.78, 5) is 26.6. The highest BCUT2D eigenvalue weighted by Crippen LogP contribution is 2.25. The van der Waals surface area contributed by atoms with Gasteiger partial charge < -0.3 is 10.2 Å². The minimum atomic E-state index is -0.735. The number of rotatable bonds is 7. The summed E-state index contributed by atoms with van der Waals surface area (Å²) in [6.45, 7) is 9.85. The average Bonchev–Trinajstić information content (AvgIpc) is 2.42. The van der Waals surface area contributed by atoms with E-state index in [2.05, 4.69) is 19.2 Å². The van der Waals surface area contributed by atoms with Crippen LogP contribution in [0.5, 0.6) is 0 Å². The molecule has 1 aliphatic rings. The van der Waals surface area contributed by atoms with E-state index in [0.717, 1.165) is 12.8 Å². The summed E-state index contributed by atoms with van der Waals surface area (Å²) in [5.41, 5.74) is -0.735. The Labute approximate surface area is 123 Å². The van der Waals surface area contributed by atoms with Crippen molar-refractivity contribution in [2.75, 3.05) is 0 Å². The van der Waals surface area contributed by atoms with Crippen molar-refractivity contribution in [3.05, 3.63) is 0 Å². The summed E-state index contributed by atoms with van der Waals surface area (Å²) in [6, 6.07) is -0.227. The molecule has 3 atom stereocenters. The first-order valence-corrected chi connectivity index (χ1v) is 8.02. The van der Waals surface area contributed by atoms with Crippen LogP contribution in [0.1, 0.15) is 73.1 Å². The van der Waals surface area contributed by atoms with Crippen molar-refractivity contribution in [1.29, 1.82) is 0 Å². The quantitative estimate of drug-likeness (QED) is 0.730. The second-order valence-corrected chi connectivity index (χ2v) is 6.26. The smallest absolute Gasteiger partial charge is 0.248 e. The largest absolute Gasteiger partial charge is 0.340 e. The van der Waals surface area contributed by atoms with Gasteiger partial charge in [-0.25, -0.2) is 0 Å². The van der Waals surface area contributed by atoms with Gasteiger partial charge in [-0.15, -0.1) is 0 Å². The Hall–Kier alpha value is -1.06. The molecule has 20 heavy (non-hydrogen) atoms. The highest BCUT2D eigenvalue weighted by atomic mass is 16.2. The molecule has 4 nitrogen and oxygen atoms in total. The lowest BCUT2D eigenvalue weighted by Crippen LogP contribution is -2.69. The maximum Gasteiger partial charge on any atom is 0.248 e.